The number of carbonyl (C=O) groups excluding carboxylic acids is 1. The minimum atomic E-state index is -4.57. The van der Waals surface area contributed by atoms with Gasteiger partial charge in [-0.15, -0.1) is 0 Å². The summed E-state index contributed by atoms with van der Waals surface area (Å²) in [5.41, 5.74) is 6.75. The second-order valence-corrected chi connectivity index (χ2v) is 14.6. The number of hydrogen-bond donors (Lipinski definition) is 2. The van der Waals surface area contributed by atoms with Crippen LogP contribution in [0, 0.1) is 5.92 Å². The average molecular weight is 682 g/mol. The van der Waals surface area contributed by atoms with Gasteiger partial charge in [0.1, 0.15) is 5.75 Å². The molecule has 2 aliphatic rings. The van der Waals surface area contributed by atoms with Gasteiger partial charge in [0.2, 0.25) is 15.9 Å². The van der Waals surface area contributed by atoms with Crippen LogP contribution in [0.5, 0.6) is 5.75 Å². The summed E-state index contributed by atoms with van der Waals surface area (Å²) >= 11 is 5.99. The first-order valence-electron chi connectivity index (χ1n) is 16.0. The number of sulfonamides is 1. The molecule has 1 saturated carbocycles. The second-order valence-electron chi connectivity index (χ2n) is 12.5. The lowest BCUT2D eigenvalue weighted by atomic mass is 9.94. The van der Waals surface area contributed by atoms with Crippen LogP contribution in [-0.2, 0) is 20.7 Å². The van der Waals surface area contributed by atoms with E-state index in [1.54, 1.807) is 42.5 Å². The number of hydrogen-bond acceptors (Lipinski definition) is 5. The summed E-state index contributed by atoms with van der Waals surface area (Å²) in [6, 6.07) is 19.8. The topological polar surface area (TPSA) is 102 Å². The summed E-state index contributed by atoms with van der Waals surface area (Å²) in [6.07, 6.45) is 5.56. The number of amides is 1. The van der Waals surface area contributed by atoms with Crippen molar-refractivity contribution in [1.29, 1.82) is 0 Å². The summed E-state index contributed by atoms with van der Waals surface area (Å²) in [5.74, 6) is -3.98. The smallest absolute Gasteiger partial charge is 0.298 e. The molecular weight excluding hydrogens is 644 g/mol. The van der Waals surface area contributed by atoms with Crippen molar-refractivity contribution >= 4 is 38.3 Å². The Morgan fingerprint density at radius 2 is 1.49 bits per heavy atom. The molecule has 11 heteroatoms. The number of piperidine rings is 1. The number of ether oxygens (including phenoxy) is 1. The van der Waals surface area contributed by atoms with Gasteiger partial charge in [0.15, 0.2) is 6.04 Å². The maximum Gasteiger partial charge on any atom is 0.298 e. The van der Waals surface area contributed by atoms with E-state index >= 15 is 8.78 Å². The Kier molecular flexibility index (Phi) is 9.85. The van der Waals surface area contributed by atoms with Gasteiger partial charge in [0.05, 0.1) is 11.0 Å². The van der Waals surface area contributed by atoms with Crippen molar-refractivity contribution < 1.29 is 26.7 Å². The molecular formula is C36H38ClF2N3O4S. The third kappa shape index (κ3) is 7.46. The second kappa shape index (κ2) is 13.9. The van der Waals surface area contributed by atoms with E-state index < -0.39 is 33.5 Å². The molecule has 0 radical (unpaired) electrons. The largest absolute Gasteiger partial charge is 0.490 e. The molecule has 1 amide bonds. The van der Waals surface area contributed by atoms with E-state index in [-0.39, 0.29) is 30.0 Å². The van der Waals surface area contributed by atoms with E-state index in [0.29, 0.717) is 41.1 Å². The highest BCUT2D eigenvalue weighted by Crippen LogP contribution is 2.36. The van der Waals surface area contributed by atoms with Crippen LogP contribution in [0.4, 0.5) is 8.78 Å². The molecule has 6 rings (SSSR count). The predicted octanol–water partition coefficient (Wildman–Crippen LogP) is 7.12. The van der Waals surface area contributed by atoms with Gasteiger partial charge in [-0.1, -0.05) is 60.1 Å². The summed E-state index contributed by atoms with van der Waals surface area (Å²) in [4.78, 5) is 14.9. The number of rotatable bonds is 10. The van der Waals surface area contributed by atoms with Crippen LogP contribution in [0.25, 0.3) is 21.9 Å². The lowest BCUT2D eigenvalue weighted by Crippen LogP contribution is -2.57. The van der Waals surface area contributed by atoms with Crippen LogP contribution < -0.4 is 15.2 Å². The van der Waals surface area contributed by atoms with Crippen LogP contribution in [0.3, 0.4) is 0 Å². The van der Waals surface area contributed by atoms with E-state index in [9.17, 15) is 13.2 Å². The zero-order valence-electron chi connectivity index (χ0n) is 25.9. The van der Waals surface area contributed by atoms with Crippen LogP contribution in [0.15, 0.2) is 89.8 Å². The van der Waals surface area contributed by atoms with Crippen molar-refractivity contribution in [3.05, 3.63) is 95.5 Å². The number of nitrogens with zero attached hydrogens (tertiary/aromatic N) is 1. The Morgan fingerprint density at radius 3 is 2.13 bits per heavy atom. The first kappa shape index (κ1) is 33.3. The SMILES string of the molecule is NCC1CCN(C(=O)[C@@H](NS(=O)(=O)c2ccc3cc(OC4CCCC4)ccc3c2)C(F)(F)c2ccc(-c3ccc(Cl)cc3)cc2)CC1. The van der Waals surface area contributed by atoms with Gasteiger partial charge in [-0.2, -0.15) is 13.5 Å². The molecule has 0 bridgehead atoms. The van der Waals surface area contributed by atoms with Crippen molar-refractivity contribution in [3.8, 4) is 16.9 Å². The van der Waals surface area contributed by atoms with Gasteiger partial charge in [-0.3, -0.25) is 4.79 Å². The molecule has 4 aromatic carbocycles. The highest BCUT2D eigenvalue weighted by atomic mass is 35.5. The molecule has 1 heterocycles. The number of nitrogens with two attached hydrogens (primary N) is 1. The summed E-state index contributed by atoms with van der Waals surface area (Å²) in [6.45, 7) is 0.863. The van der Waals surface area contributed by atoms with Gasteiger partial charge in [-0.25, -0.2) is 8.42 Å². The van der Waals surface area contributed by atoms with Crippen molar-refractivity contribution in [1.82, 2.24) is 9.62 Å². The summed E-state index contributed by atoms with van der Waals surface area (Å²) < 4.78 is 68.6. The Morgan fingerprint density at radius 1 is 0.894 bits per heavy atom. The highest BCUT2D eigenvalue weighted by Gasteiger charge is 2.50. The molecule has 248 valence electrons. The van der Waals surface area contributed by atoms with E-state index in [2.05, 4.69) is 4.72 Å². The normalized spacial score (nSPS) is 17.2. The van der Waals surface area contributed by atoms with Gasteiger partial charge in [0, 0.05) is 23.7 Å². The van der Waals surface area contributed by atoms with Crippen molar-refractivity contribution in [2.75, 3.05) is 19.6 Å². The van der Waals surface area contributed by atoms with E-state index in [1.807, 2.05) is 6.07 Å². The lowest BCUT2D eigenvalue weighted by Gasteiger charge is -2.36. The minimum absolute atomic E-state index is 0.169. The Bertz CT molecular complexity index is 1820. The average Bonchev–Trinajstić information content (AvgIpc) is 3.60. The quantitative estimate of drug-likeness (QED) is 0.186. The Labute approximate surface area is 279 Å². The number of alkyl halides is 2. The zero-order chi connectivity index (χ0) is 33.2. The zero-order valence-corrected chi connectivity index (χ0v) is 27.5. The number of halogens is 3. The summed E-state index contributed by atoms with van der Waals surface area (Å²) in [5, 5.41) is 1.90. The molecule has 1 aliphatic carbocycles. The number of likely N-dealkylation sites (tertiary alicyclic amines) is 1. The lowest BCUT2D eigenvalue weighted by molar-refractivity contribution is -0.145. The van der Waals surface area contributed by atoms with Crippen molar-refractivity contribution in [2.24, 2.45) is 11.7 Å². The van der Waals surface area contributed by atoms with Gasteiger partial charge in [-0.05, 0) is 109 Å². The molecule has 0 aromatic heterocycles. The van der Waals surface area contributed by atoms with Crippen LogP contribution >= 0.6 is 11.6 Å². The van der Waals surface area contributed by atoms with Crippen molar-refractivity contribution in [2.45, 2.75) is 61.5 Å². The van der Waals surface area contributed by atoms with Crippen LogP contribution in [0.1, 0.15) is 44.1 Å². The highest BCUT2D eigenvalue weighted by molar-refractivity contribution is 7.89. The van der Waals surface area contributed by atoms with Crippen LogP contribution in [0.2, 0.25) is 5.02 Å². The molecule has 1 atom stereocenters. The molecule has 47 heavy (non-hydrogen) atoms. The monoisotopic (exact) mass is 681 g/mol. The standard InChI is InChI=1S/C36H38ClF2N3O4S/c37-30-13-7-26(8-14-30)25-5-11-29(12-6-25)36(38,39)34(35(43)42-19-17-24(23-40)18-20-42)41-47(44,45)33-16-10-27-21-32(15-9-28(27)22-33)46-31-3-1-2-4-31/h5-16,21-22,24,31,34,41H,1-4,17-20,23,40H2/t34-/m1/s1. The molecule has 1 saturated heterocycles. The Hall–Kier alpha value is -3.57. The van der Waals surface area contributed by atoms with Gasteiger partial charge >= 0.3 is 0 Å². The predicted molar refractivity (Wildman–Crippen MR) is 180 cm³/mol. The molecule has 0 unspecified atom stereocenters. The summed E-state index contributed by atoms with van der Waals surface area (Å²) in [7, 11) is -4.57. The molecule has 0 spiro atoms. The third-order valence-electron chi connectivity index (χ3n) is 9.29. The molecule has 1 aliphatic heterocycles. The minimum Gasteiger partial charge on any atom is -0.490 e. The van der Waals surface area contributed by atoms with E-state index in [4.69, 9.17) is 22.1 Å². The molecule has 4 aromatic rings. The first-order valence-corrected chi connectivity index (χ1v) is 17.9. The number of benzene rings is 4. The molecule has 3 N–H and O–H groups in total. The first-order chi connectivity index (χ1) is 22.5. The fourth-order valence-corrected chi connectivity index (χ4v) is 7.76. The number of fused-ring (bicyclic) bond motifs is 1. The van der Waals surface area contributed by atoms with Gasteiger partial charge in [0.25, 0.3) is 5.92 Å². The maximum absolute atomic E-state index is 16.4. The molecule has 7 nitrogen and oxygen atoms in total. The fraction of sp³-hybridized carbons (Fsp3) is 0.361. The molecule has 2 fully saturated rings. The van der Waals surface area contributed by atoms with E-state index in [0.717, 1.165) is 36.6 Å². The number of carbonyl (C=O) groups is 1. The number of nitrogens with one attached hydrogen (secondary N) is 1. The van der Waals surface area contributed by atoms with Gasteiger partial charge < -0.3 is 15.4 Å². The van der Waals surface area contributed by atoms with E-state index in [1.165, 1.54) is 41.3 Å². The van der Waals surface area contributed by atoms with Crippen LogP contribution in [-0.4, -0.2) is 51.0 Å². The van der Waals surface area contributed by atoms with Crippen molar-refractivity contribution in [3.63, 3.8) is 0 Å². The third-order valence-corrected chi connectivity index (χ3v) is 11.0. The Balaban J connectivity index is 1.29. The fourth-order valence-electron chi connectivity index (χ4n) is 6.41. The maximum atomic E-state index is 16.4.